The molecule has 0 aliphatic rings. The van der Waals surface area contributed by atoms with Gasteiger partial charge in [-0.15, -0.1) is 0 Å². The highest BCUT2D eigenvalue weighted by atomic mass is 16.5. The maximum absolute atomic E-state index is 11.0. The molecule has 0 spiro atoms. The predicted molar refractivity (Wildman–Crippen MR) is 79.6 cm³/mol. The maximum Gasteiger partial charge on any atom is 0.330 e. The largest absolute Gasteiger partial charge is 0.466 e. The van der Waals surface area contributed by atoms with E-state index in [2.05, 4.69) is 42.9 Å². The van der Waals surface area contributed by atoms with E-state index in [1.54, 1.807) is 0 Å². The average molecular weight is 258 g/mol. The number of methoxy groups -OCH3 is 1. The number of allylic oxidation sites excluding steroid dienone is 2. The zero-order valence-corrected chi connectivity index (χ0v) is 11.9. The van der Waals surface area contributed by atoms with Gasteiger partial charge < -0.3 is 4.74 Å². The van der Waals surface area contributed by atoms with Crippen molar-refractivity contribution in [2.75, 3.05) is 7.11 Å². The minimum absolute atomic E-state index is 0.292. The first-order valence-electron chi connectivity index (χ1n) is 6.61. The fourth-order valence-electron chi connectivity index (χ4n) is 1.68. The van der Waals surface area contributed by atoms with E-state index >= 15 is 0 Å². The van der Waals surface area contributed by atoms with E-state index in [4.69, 9.17) is 0 Å². The van der Waals surface area contributed by atoms with Crippen molar-refractivity contribution >= 4 is 12.0 Å². The van der Waals surface area contributed by atoms with E-state index in [1.165, 1.54) is 18.7 Å². The summed E-state index contributed by atoms with van der Waals surface area (Å²) < 4.78 is 4.56. The van der Waals surface area contributed by atoms with Crippen LogP contribution in [0, 0.1) is 11.8 Å². The van der Waals surface area contributed by atoms with Gasteiger partial charge in [-0.3, -0.25) is 0 Å². The van der Waals surface area contributed by atoms with Gasteiger partial charge in [0.15, 0.2) is 0 Å². The van der Waals surface area contributed by atoms with Crippen LogP contribution >= 0.6 is 0 Å². The van der Waals surface area contributed by atoms with Crippen LogP contribution in [0.5, 0.6) is 0 Å². The van der Waals surface area contributed by atoms with Crippen molar-refractivity contribution in [3.05, 3.63) is 54.1 Å². The molecular weight excluding hydrogens is 236 g/mol. The lowest BCUT2D eigenvalue weighted by Crippen LogP contribution is -2.04. The number of hydrogen-bond acceptors (Lipinski definition) is 2. The second-order valence-electron chi connectivity index (χ2n) is 4.77. The van der Waals surface area contributed by atoms with E-state index in [0.717, 1.165) is 6.42 Å². The molecule has 2 nitrogen and oxygen atoms in total. The third-order valence-electron chi connectivity index (χ3n) is 3.25. The molecule has 0 bridgehead atoms. The summed E-state index contributed by atoms with van der Waals surface area (Å²) in [5.74, 6) is 0.656. The van der Waals surface area contributed by atoms with Crippen LogP contribution in [0.1, 0.15) is 25.8 Å². The molecule has 0 unspecified atom stereocenters. The number of carbonyl (C=O) groups is 1. The summed E-state index contributed by atoms with van der Waals surface area (Å²) in [5, 5.41) is 0. The number of ether oxygens (including phenoxy) is 1. The van der Waals surface area contributed by atoms with Crippen molar-refractivity contribution in [2.45, 2.75) is 20.3 Å². The van der Waals surface area contributed by atoms with Gasteiger partial charge in [0.1, 0.15) is 0 Å². The molecule has 1 rings (SSSR count). The van der Waals surface area contributed by atoms with Crippen LogP contribution in [0.15, 0.2) is 48.6 Å². The molecule has 0 N–H and O–H groups in total. The van der Waals surface area contributed by atoms with Gasteiger partial charge in [0.2, 0.25) is 0 Å². The molecule has 19 heavy (non-hydrogen) atoms. The summed E-state index contributed by atoms with van der Waals surface area (Å²) in [6.07, 6.45) is 8.60. The van der Waals surface area contributed by atoms with Crippen LogP contribution in [0.2, 0.25) is 0 Å². The van der Waals surface area contributed by atoms with Crippen molar-refractivity contribution in [3.63, 3.8) is 0 Å². The number of carbonyl (C=O) groups excluding carboxylic acids is 1. The van der Waals surface area contributed by atoms with E-state index < -0.39 is 0 Å². The van der Waals surface area contributed by atoms with E-state index in [9.17, 15) is 4.79 Å². The number of rotatable bonds is 6. The zero-order valence-electron chi connectivity index (χ0n) is 11.9. The molecule has 1 aromatic carbocycles. The third kappa shape index (κ3) is 6.05. The molecular formula is C17H22O2. The SMILES string of the molecule is COC(=O)/C=C/C[C@H](C)[C@H](C)/C=C/c1ccccc1. The highest BCUT2D eigenvalue weighted by molar-refractivity contribution is 5.81. The lowest BCUT2D eigenvalue weighted by atomic mass is 9.92. The first kappa shape index (κ1) is 15.2. The van der Waals surface area contributed by atoms with Gasteiger partial charge in [-0.1, -0.05) is 62.4 Å². The Labute approximate surface area is 115 Å². The molecule has 2 atom stereocenters. The van der Waals surface area contributed by atoms with Crippen LogP contribution in [-0.4, -0.2) is 13.1 Å². The van der Waals surface area contributed by atoms with Gasteiger partial charge in [0, 0.05) is 6.08 Å². The summed E-state index contributed by atoms with van der Waals surface area (Å²) in [6, 6.07) is 10.3. The lowest BCUT2D eigenvalue weighted by molar-refractivity contribution is -0.134. The summed E-state index contributed by atoms with van der Waals surface area (Å²) in [4.78, 5) is 11.0. The second-order valence-corrected chi connectivity index (χ2v) is 4.77. The van der Waals surface area contributed by atoms with Crippen molar-refractivity contribution in [1.82, 2.24) is 0 Å². The summed E-state index contributed by atoms with van der Waals surface area (Å²) in [6.45, 7) is 4.37. The second kappa shape index (κ2) is 8.30. The summed E-state index contributed by atoms with van der Waals surface area (Å²) in [7, 11) is 1.39. The summed E-state index contributed by atoms with van der Waals surface area (Å²) >= 11 is 0. The van der Waals surface area contributed by atoms with Crippen LogP contribution in [-0.2, 0) is 9.53 Å². The number of esters is 1. The Morgan fingerprint density at radius 2 is 1.95 bits per heavy atom. The van der Waals surface area contributed by atoms with Crippen LogP contribution in [0.25, 0.3) is 6.08 Å². The third-order valence-corrected chi connectivity index (χ3v) is 3.25. The van der Waals surface area contributed by atoms with E-state index in [1.807, 2.05) is 24.3 Å². The van der Waals surface area contributed by atoms with Crippen molar-refractivity contribution in [2.24, 2.45) is 11.8 Å². The summed E-state index contributed by atoms with van der Waals surface area (Å²) in [5.41, 5.74) is 1.21. The molecule has 102 valence electrons. The minimum atomic E-state index is -0.292. The smallest absolute Gasteiger partial charge is 0.330 e. The molecule has 0 fully saturated rings. The Balaban J connectivity index is 2.44. The molecule has 0 aliphatic carbocycles. The molecule has 0 saturated heterocycles. The molecule has 0 aromatic heterocycles. The van der Waals surface area contributed by atoms with Crippen LogP contribution in [0.3, 0.4) is 0 Å². The quantitative estimate of drug-likeness (QED) is 0.567. The Hall–Kier alpha value is -1.83. The molecule has 2 heteroatoms. The Bertz CT molecular complexity index is 432. The van der Waals surface area contributed by atoms with Gasteiger partial charge in [0.25, 0.3) is 0 Å². The monoisotopic (exact) mass is 258 g/mol. The molecule has 0 aliphatic heterocycles. The topological polar surface area (TPSA) is 26.3 Å². The van der Waals surface area contributed by atoms with Crippen molar-refractivity contribution in [3.8, 4) is 0 Å². The average Bonchev–Trinajstić information content (AvgIpc) is 2.45. The van der Waals surface area contributed by atoms with E-state index in [-0.39, 0.29) is 5.97 Å². The highest BCUT2D eigenvalue weighted by Crippen LogP contribution is 2.18. The van der Waals surface area contributed by atoms with Gasteiger partial charge in [0.05, 0.1) is 7.11 Å². The van der Waals surface area contributed by atoms with Crippen LogP contribution < -0.4 is 0 Å². The fraction of sp³-hybridized carbons (Fsp3) is 0.353. The van der Waals surface area contributed by atoms with E-state index in [0.29, 0.717) is 11.8 Å². The van der Waals surface area contributed by atoms with Gasteiger partial charge >= 0.3 is 5.97 Å². The van der Waals surface area contributed by atoms with Crippen molar-refractivity contribution in [1.29, 1.82) is 0 Å². The molecule has 0 radical (unpaired) electrons. The zero-order chi connectivity index (χ0) is 14.1. The normalized spacial score (nSPS) is 14.7. The van der Waals surface area contributed by atoms with Gasteiger partial charge in [-0.05, 0) is 23.8 Å². The van der Waals surface area contributed by atoms with Crippen molar-refractivity contribution < 1.29 is 9.53 Å². The molecule has 0 heterocycles. The number of hydrogen-bond donors (Lipinski definition) is 0. The molecule has 0 amide bonds. The maximum atomic E-state index is 11.0. The fourth-order valence-corrected chi connectivity index (χ4v) is 1.68. The lowest BCUT2D eigenvalue weighted by Gasteiger charge is -2.14. The van der Waals surface area contributed by atoms with Crippen LogP contribution in [0.4, 0.5) is 0 Å². The highest BCUT2D eigenvalue weighted by Gasteiger charge is 2.07. The first-order valence-corrected chi connectivity index (χ1v) is 6.61. The van der Waals surface area contributed by atoms with Gasteiger partial charge in [-0.2, -0.15) is 0 Å². The predicted octanol–water partition coefficient (Wildman–Crippen LogP) is 4.09. The Morgan fingerprint density at radius 1 is 1.26 bits per heavy atom. The van der Waals surface area contributed by atoms with Gasteiger partial charge in [-0.25, -0.2) is 4.79 Å². The standard InChI is InChI=1S/C17H22O2/c1-14(8-7-11-17(18)19-3)15(2)12-13-16-9-5-4-6-10-16/h4-7,9-15H,8H2,1-3H3/b11-7+,13-12+/t14-,15+/m0/s1. The molecule has 1 aromatic rings. The number of benzene rings is 1. The molecule has 0 saturated carbocycles. The first-order chi connectivity index (χ1) is 9.13. The Morgan fingerprint density at radius 3 is 2.58 bits per heavy atom. The Kier molecular flexibility index (Phi) is 6.65. The minimum Gasteiger partial charge on any atom is -0.466 e.